The van der Waals surface area contributed by atoms with Gasteiger partial charge in [0.1, 0.15) is 6.61 Å². The molecule has 1 unspecified atom stereocenters. The fourth-order valence-electron chi connectivity index (χ4n) is 3.77. The highest BCUT2D eigenvalue weighted by atomic mass is 127. The van der Waals surface area contributed by atoms with Crippen molar-refractivity contribution in [3.8, 4) is 11.1 Å². The van der Waals surface area contributed by atoms with Crippen LogP contribution >= 0.6 is 22.6 Å². The molecule has 1 aromatic heterocycles. The second kappa shape index (κ2) is 8.10. The minimum absolute atomic E-state index is 0.0183. The molecule has 0 radical (unpaired) electrons. The van der Waals surface area contributed by atoms with Crippen molar-refractivity contribution in [2.75, 3.05) is 6.61 Å². The Morgan fingerprint density at radius 3 is 2.30 bits per heavy atom. The van der Waals surface area contributed by atoms with Crippen LogP contribution in [0.2, 0.25) is 0 Å². The number of fused-ring (bicyclic) bond motifs is 3. The second-order valence-corrected chi connectivity index (χ2v) is 8.69. The van der Waals surface area contributed by atoms with Crippen molar-refractivity contribution in [2.24, 2.45) is 0 Å². The lowest BCUT2D eigenvalue weighted by atomic mass is 9.98. The van der Waals surface area contributed by atoms with Crippen molar-refractivity contribution >= 4 is 34.7 Å². The molecule has 0 fully saturated rings. The maximum atomic E-state index is 12.5. The first-order chi connectivity index (χ1) is 14.4. The molecule has 1 aliphatic carbocycles. The Hall–Kier alpha value is -2.88. The number of amides is 1. The van der Waals surface area contributed by atoms with Gasteiger partial charge in [0.15, 0.2) is 5.54 Å². The molecule has 0 aliphatic heterocycles. The number of benzene rings is 2. The van der Waals surface area contributed by atoms with E-state index in [1.54, 1.807) is 12.4 Å². The average molecular weight is 517 g/mol. The highest BCUT2D eigenvalue weighted by Crippen LogP contribution is 2.44. The molecule has 30 heavy (non-hydrogen) atoms. The van der Waals surface area contributed by atoms with Gasteiger partial charge in [-0.3, -0.25) is 4.68 Å². The van der Waals surface area contributed by atoms with Gasteiger partial charge in [-0.05, 0) is 51.8 Å². The van der Waals surface area contributed by atoms with Gasteiger partial charge in [-0.2, -0.15) is 5.10 Å². The standard InChI is InChI=1S/C22H20IN3O4/c1-22(20(27)28,13-26-11-14(23)10-24-26)25-21(29)30-12-19-17-8-4-2-6-15(17)16-7-3-5-9-18(16)19/h2-11,19H,12-13H2,1H3,(H,25,29)(H,27,28). The Labute approximate surface area is 187 Å². The van der Waals surface area contributed by atoms with E-state index < -0.39 is 17.6 Å². The molecular weight excluding hydrogens is 497 g/mol. The fourth-order valence-corrected chi connectivity index (χ4v) is 4.22. The van der Waals surface area contributed by atoms with E-state index >= 15 is 0 Å². The van der Waals surface area contributed by atoms with Gasteiger partial charge in [0, 0.05) is 12.1 Å². The molecule has 1 heterocycles. The second-order valence-electron chi connectivity index (χ2n) is 7.44. The summed E-state index contributed by atoms with van der Waals surface area (Å²) in [6.07, 6.45) is 2.56. The molecule has 1 atom stereocenters. The van der Waals surface area contributed by atoms with E-state index in [1.807, 2.05) is 36.4 Å². The van der Waals surface area contributed by atoms with E-state index in [2.05, 4.69) is 45.1 Å². The van der Waals surface area contributed by atoms with Crippen LogP contribution in [-0.4, -0.2) is 39.1 Å². The Morgan fingerprint density at radius 1 is 1.17 bits per heavy atom. The van der Waals surface area contributed by atoms with Crippen molar-refractivity contribution in [3.05, 3.63) is 75.6 Å². The first-order valence-corrected chi connectivity index (χ1v) is 10.5. The van der Waals surface area contributed by atoms with Crippen LogP contribution in [0.1, 0.15) is 24.0 Å². The summed E-state index contributed by atoms with van der Waals surface area (Å²) >= 11 is 2.09. The number of aromatic nitrogens is 2. The van der Waals surface area contributed by atoms with Crippen LogP contribution in [0.3, 0.4) is 0 Å². The number of carbonyl (C=O) groups excluding carboxylic acids is 1. The minimum Gasteiger partial charge on any atom is -0.479 e. The third kappa shape index (κ3) is 3.91. The predicted octanol–water partition coefficient (Wildman–Crippen LogP) is 3.87. The summed E-state index contributed by atoms with van der Waals surface area (Å²) in [5.74, 6) is -1.26. The molecule has 2 N–H and O–H groups in total. The SMILES string of the molecule is CC(Cn1cc(I)cn1)(NC(=O)OCC1c2ccccc2-c2ccccc21)C(=O)O. The average Bonchev–Trinajstić information content (AvgIpc) is 3.27. The van der Waals surface area contributed by atoms with E-state index in [0.717, 1.165) is 25.8 Å². The highest BCUT2D eigenvalue weighted by Gasteiger charge is 2.37. The van der Waals surface area contributed by atoms with Gasteiger partial charge in [0.25, 0.3) is 0 Å². The summed E-state index contributed by atoms with van der Waals surface area (Å²) in [7, 11) is 0. The molecule has 154 valence electrons. The summed E-state index contributed by atoms with van der Waals surface area (Å²) in [4.78, 5) is 24.4. The normalized spacial score (nSPS) is 14.5. The van der Waals surface area contributed by atoms with Crippen molar-refractivity contribution < 1.29 is 19.4 Å². The zero-order valence-corrected chi connectivity index (χ0v) is 18.4. The molecule has 1 aliphatic rings. The van der Waals surface area contributed by atoms with Gasteiger partial charge >= 0.3 is 12.1 Å². The number of nitrogens with one attached hydrogen (secondary N) is 1. The number of nitrogens with zero attached hydrogens (tertiary/aromatic N) is 2. The number of alkyl carbamates (subject to hydrolysis) is 1. The summed E-state index contributed by atoms with van der Waals surface area (Å²) in [5.41, 5.74) is 2.89. The number of carboxylic acid groups (broad SMARTS) is 1. The number of aliphatic carboxylic acids is 1. The molecule has 7 nitrogen and oxygen atoms in total. The maximum absolute atomic E-state index is 12.5. The van der Waals surface area contributed by atoms with Crippen molar-refractivity contribution in [1.82, 2.24) is 15.1 Å². The first-order valence-electron chi connectivity index (χ1n) is 9.42. The van der Waals surface area contributed by atoms with Crippen molar-refractivity contribution in [1.29, 1.82) is 0 Å². The number of ether oxygens (including phenoxy) is 1. The van der Waals surface area contributed by atoms with E-state index in [0.29, 0.717) is 0 Å². The molecule has 0 spiro atoms. The lowest BCUT2D eigenvalue weighted by Gasteiger charge is -2.26. The van der Waals surface area contributed by atoms with Gasteiger partial charge in [0.2, 0.25) is 0 Å². The minimum atomic E-state index is -1.56. The van der Waals surface area contributed by atoms with Gasteiger partial charge in [-0.25, -0.2) is 9.59 Å². The number of halogens is 1. The van der Waals surface area contributed by atoms with Crippen LogP contribution in [0.4, 0.5) is 4.79 Å². The quantitative estimate of drug-likeness (QED) is 0.485. The van der Waals surface area contributed by atoms with E-state index in [1.165, 1.54) is 11.6 Å². The van der Waals surface area contributed by atoms with Crippen LogP contribution in [0.25, 0.3) is 11.1 Å². The van der Waals surface area contributed by atoms with Crippen LogP contribution in [0.5, 0.6) is 0 Å². The number of hydrogen-bond acceptors (Lipinski definition) is 4. The zero-order chi connectivity index (χ0) is 21.3. The molecule has 4 rings (SSSR count). The fraction of sp³-hybridized carbons (Fsp3) is 0.227. The molecule has 3 aromatic rings. The van der Waals surface area contributed by atoms with Crippen molar-refractivity contribution in [2.45, 2.75) is 24.9 Å². The van der Waals surface area contributed by atoms with E-state index in [4.69, 9.17) is 4.74 Å². The van der Waals surface area contributed by atoms with Gasteiger partial charge in [-0.15, -0.1) is 0 Å². The van der Waals surface area contributed by atoms with Crippen LogP contribution in [-0.2, 0) is 16.1 Å². The lowest BCUT2D eigenvalue weighted by Crippen LogP contribution is -2.55. The number of hydrogen-bond donors (Lipinski definition) is 2. The molecule has 1 amide bonds. The molecule has 0 bridgehead atoms. The third-order valence-corrected chi connectivity index (χ3v) is 5.83. The first kappa shape index (κ1) is 20.4. The molecule has 8 heteroatoms. The maximum Gasteiger partial charge on any atom is 0.408 e. The van der Waals surface area contributed by atoms with Gasteiger partial charge < -0.3 is 15.2 Å². The topological polar surface area (TPSA) is 93.5 Å². The Balaban J connectivity index is 1.47. The summed E-state index contributed by atoms with van der Waals surface area (Å²) < 4.78 is 7.85. The molecule has 0 saturated heterocycles. The van der Waals surface area contributed by atoms with Crippen LogP contribution in [0.15, 0.2) is 60.9 Å². The van der Waals surface area contributed by atoms with E-state index in [9.17, 15) is 14.7 Å². The summed E-state index contributed by atoms with van der Waals surface area (Å²) in [6, 6.07) is 16.1. The Kier molecular flexibility index (Phi) is 5.50. The smallest absolute Gasteiger partial charge is 0.408 e. The summed E-state index contributed by atoms with van der Waals surface area (Å²) in [6.45, 7) is 1.54. The van der Waals surface area contributed by atoms with Gasteiger partial charge in [0.05, 0.1) is 16.3 Å². The Morgan fingerprint density at radius 2 is 1.77 bits per heavy atom. The van der Waals surface area contributed by atoms with Gasteiger partial charge in [-0.1, -0.05) is 48.5 Å². The molecule has 0 saturated carbocycles. The number of rotatable bonds is 6. The monoisotopic (exact) mass is 517 g/mol. The highest BCUT2D eigenvalue weighted by molar-refractivity contribution is 14.1. The number of carbonyl (C=O) groups is 2. The number of carboxylic acids is 1. The summed E-state index contributed by atoms with van der Waals surface area (Å²) in [5, 5.41) is 16.3. The van der Waals surface area contributed by atoms with E-state index in [-0.39, 0.29) is 19.1 Å². The molecule has 2 aromatic carbocycles. The molecular formula is C22H20IN3O4. The largest absolute Gasteiger partial charge is 0.479 e. The Bertz CT molecular complexity index is 1070. The van der Waals surface area contributed by atoms with Crippen LogP contribution in [0, 0.1) is 3.57 Å². The van der Waals surface area contributed by atoms with Crippen LogP contribution < -0.4 is 5.32 Å². The lowest BCUT2D eigenvalue weighted by molar-refractivity contribution is -0.144. The zero-order valence-electron chi connectivity index (χ0n) is 16.2. The third-order valence-electron chi connectivity index (χ3n) is 5.27. The van der Waals surface area contributed by atoms with Crippen molar-refractivity contribution in [3.63, 3.8) is 0 Å². The predicted molar refractivity (Wildman–Crippen MR) is 119 cm³/mol.